The van der Waals surface area contributed by atoms with Crippen LogP contribution in [-0.2, 0) is 24.3 Å². The first-order chi connectivity index (χ1) is 11.4. The fraction of sp³-hybridized carbons (Fsp3) is 0.353. The quantitative estimate of drug-likeness (QED) is 0.851. The zero-order valence-electron chi connectivity index (χ0n) is 13.7. The Morgan fingerprint density at radius 3 is 2.58 bits per heavy atom. The zero-order chi connectivity index (χ0) is 17.3. The van der Waals surface area contributed by atoms with E-state index in [0.717, 1.165) is 11.3 Å². The number of nitrogens with zero attached hydrogens (tertiary/aromatic N) is 4. The molecule has 0 atom stereocenters. The summed E-state index contributed by atoms with van der Waals surface area (Å²) in [7, 11) is 3.39. The number of carbonyl (C=O) groups excluding carboxylic acids is 2. The average molecular weight is 347 g/mol. The van der Waals surface area contributed by atoms with Gasteiger partial charge in [-0.15, -0.1) is 0 Å². The minimum Gasteiger partial charge on any atom is -0.343 e. The molecular weight excluding hydrogens is 328 g/mol. The second-order valence-corrected chi connectivity index (χ2v) is 6.50. The van der Waals surface area contributed by atoms with E-state index in [0.29, 0.717) is 36.8 Å². The van der Waals surface area contributed by atoms with Gasteiger partial charge in [-0.05, 0) is 23.8 Å². The number of fused-ring (bicyclic) bond motifs is 1. The van der Waals surface area contributed by atoms with Gasteiger partial charge in [0, 0.05) is 25.7 Å². The van der Waals surface area contributed by atoms with Gasteiger partial charge in [0.2, 0.25) is 5.91 Å². The van der Waals surface area contributed by atoms with Crippen LogP contribution in [0.4, 0.5) is 0 Å². The number of hydrogen-bond acceptors (Lipinski definition) is 3. The summed E-state index contributed by atoms with van der Waals surface area (Å²) in [4.78, 5) is 27.8. The van der Waals surface area contributed by atoms with E-state index >= 15 is 0 Å². The number of aromatic nitrogens is 2. The van der Waals surface area contributed by atoms with E-state index in [4.69, 9.17) is 11.6 Å². The van der Waals surface area contributed by atoms with Gasteiger partial charge in [0.1, 0.15) is 0 Å². The molecule has 0 saturated heterocycles. The van der Waals surface area contributed by atoms with Crippen molar-refractivity contribution in [2.24, 2.45) is 0 Å². The number of halogens is 1. The topological polar surface area (TPSA) is 58.4 Å². The van der Waals surface area contributed by atoms with Gasteiger partial charge in [-0.1, -0.05) is 23.7 Å². The van der Waals surface area contributed by atoms with E-state index in [1.807, 2.05) is 16.8 Å². The SMILES string of the molecule is CN(C)C(=O)c1cc2n(n1)CCN(C(=O)Cc1ccc(Cl)cc1)C2. The molecule has 1 aromatic carbocycles. The normalized spacial score (nSPS) is 13.5. The molecule has 6 nitrogen and oxygen atoms in total. The summed E-state index contributed by atoms with van der Waals surface area (Å²) >= 11 is 5.87. The van der Waals surface area contributed by atoms with E-state index in [1.165, 1.54) is 4.90 Å². The lowest BCUT2D eigenvalue weighted by molar-refractivity contribution is -0.132. The average Bonchev–Trinajstić information content (AvgIpc) is 2.99. The summed E-state index contributed by atoms with van der Waals surface area (Å²) in [5, 5.41) is 4.99. The Labute approximate surface area is 145 Å². The summed E-state index contributed by atoms with van der Waals surface area (Å²) in [6, 6.07) is 9.07. The lowest BCUT2D eigenvalue weighted by Crippen LogP contribution is -2.39. The molecule has 1 aromatic heterocycles. The van der Waals surface area contributed by atoms with Gasteiger partial charge in [0.15, 0.2) is 5.69 Å². The van der Waals surface area contributed by atoms with Crippen LogP contribution in [0, 0.1) is 0 Å². The molecule has 2 aromatic rings. The Balaban J connectivity index is 1.69. The highest BCUT2D eigenvalue weighted by Gasteiger charge is 2.24. The molecule has 0 spiro atoms. The molecule has 2 amide bonds. The van der Waals surface area contributed by atoms with Crippen LogP contribution in [-0.4, -0.2) is 52.0 Å². The first kappa shape index (κ1) is 16.5. The molecule has 1 aliphatic heterocycles. The Morgan fingerprint density at radius 2 is 1.92 bits per heavy atom. The van der Waals surface area contributed by atoms with Crippen molar-refractivity contribution in [1.82, 2.24) is 19.6 Å². The van der Waals surface area contributed by atoms with E-state index in [2.05, 4.69) is 5.10 Å². The van der Waals surface area contributed by atoms with Crippen molar-refractivity contribution in [3.05, 3.63) is 52.3 Å². The minimum atomic E-state index is -0.129. The second kappa shape index (κ2) is 6.65. The van der Waals surface area contributed by atoms with E-state index in [9.17, 15) is 9.59 Å². The number of rotatable bonds is 3. The summed E-state index contributed by atoms with van der Waals surface area (Å²) in [6.45, 7) is 1.67. The van der Waals surface area contributed by atoms with Crippen LogP contribution < -0.4 is 0 Å². The summed E-state index contributed by atoms with van der Waals surface area (Å²) in [5.41, 5.74) is 2.24. The van der Waals surface area contributed by atoms with Crippen LogP contribution in [0.25, 0.3) is 0 Å². The maximum atomic E-state index is 12.5. The third-order valence-electron chi connectivity index (χ3n) is 4.04. The van der Waals surface area contributed by atoms with E-state index < -0.39 is 0 Å². The number of benzene rings is 1. The van der Waals surface area contributed by atoms with Crippen molar-refractivity contribution in [2.45, 2.75) is 19.5 Å². The van der Waals surface area contributed by atoms with Crippen LogP contribution in [0.1, 0.15) is 21.7 Å². The summed E-state index contributed by atoms with van der Waals surface area (Å²) < 4.78 is 1.81. The van der Waals surface area contributed by atoms with Gasteiger partial charge < -0.3 is 9.80 Å². The first-order valence-corrected chi connectivity index (χ1v) is 8.12. The Bertz CT molecular complexity index is 767. The predicted molar refractivity (Wildman–Crippen MR) is 90.8 cm³/mol. The predicted octanol–water partition coefficient (Wildman–Crippen LogP) is 1.82. The third-order valence-corrected chi connectivity index (χ3v) is 4.30. The third kappa shape index (κ3) is 3.43. The molecule has 0 bridgehead atoms. The molecular formula is C17H19ClN4O2. The van der Waals surface area contributed by atoms with Crippen molar-refractivity contribution in [3.8, 4) is 0 Å². The number of carbonyl (C=O) groups is 2. The van der Waals surface area contributed by atoms with Crippen LogP contribution in [0.2, 0.25) is 5.02 Å². The van der Waals surface area contributed by atoms with Crippen LogP contribution >= 0.6 is 11.6 Å². The van der Waals surface area contributed by atoms with Gasteiger partial charge in [0.05, 0.1) is 25.2 Å². The molecule has 0 N–H and O–H groups in total. The maximum absolute atomic E-state index is 12.5. The smallest absolute Gasteiger partial charge is 0.273 e. The minimum absolute atomic E-state index is 0.0604. The first-order valence-electron chi connectivity index (χ1n) is 7.74. The van der Waals surface area contributed by atoms with Crippen LogP contribution in [0.15, 0.2) is 30.3 Å². The molecule has 2 heterocycles. The molecule has 1 aliphatic rings. The van der Waals surface area contributed by atoms with Crippen molar-refractivity contribution < 1.29 is 9.59 Å². The highest BCUT2D eigenvalue weighted by molar-refractivity contribution is 6.30. The second-order valence-electron chi connectivity index (χ2n) is 6.06. The largest absolute Gasteiger partial charge is 0.343 e. The lowest BCUT2D eigenvalue weighted by atomic mass is 10.1. The highest BCUT2D eigenvalue weighted by atomic mass is 35.5. The van der Waals surface area contributed by atoms with Crippen molar-refractivity contribution in [1.29, 1.82) is 0 Å². The van der Waals surface area contributed by atoms with Gasteiger partial charge in [-0.25, -0.2) is 0 Å². The molecule has 0 fully saturated rings. The maximum Gasteiger partial charge on any atom is 0.273 e. The monoisotopic (exact) mass is 346 g/mol. The highest BCUT2D eigenvalue weighted by Crippen LogP contribution is 2.17. The molecule has 7 heteroatoms. The number of hydrogen-bond donors (Lipinski definition) is 0. The van der Waals surface area contributed by atoms with Gasteiger partial charge in [-0.3, -0.25) is 14.3 Å². The fourth-order valence-electron chi connectivity index (χ4n) is 2.70. The fourth-order valence-corrected chi connectivity index (χ4v) is 2.83. The van der Waals surface area contributed by atoms with Crippen LogP contribution in [0.3, 0.4) is 0 Å². The lowest BCUT2D eigenvalue weighted by Gasteiger charge is -2.27. The van der Waals surface area contributed by atoms with Gasteiger partial charge in [-0.2, -0.15) is 5.10 Å². The molecule has 3 rings (SSSR count). The summed E-state index contributed by atoms with van der Waals surface area (Å²) in [6.07, 6.45) is 0.342. The Hall–Kier alpha value is -2.34. The van der Waals surface area contributed by atoms with E-state index in [-0.39, 0.29) is 11.8 Å². The molecule has 0 saturated carbocycles. The van der Waals surface area contributed by atoms with Crippen molar-refractivity contribution in [3.63, 3.8) is 0 Å². The molecule has 0 radical (unpaired) electrons. The number of amides is 2. The zero-order valence-corrected chi connectivity index (χ0v) is 14.5. The molecule has 126 valence electrons. The van der Waals surface area contributed by atoms with E-state index in [1.54, 1.807) is 37.2 Å². The standard InChI is InChI=1S/C17H19ClN4O2/c1-20(2)17(24)15-10-14-11-21(7-8-22(14)19-15)16(23)9-12-3-5-13(18)6-4-12/h3-6,10H,7-9,11H2,1-2H3. The van der Waals surface area contributed by atoms with Crippen LogP contribution in [0.5, 0.6) is 0 Å². The molecule has 24 heavy (non-hydrogen) atoms. The van der Waals surface area contributed by atoms with Gasteiger partial charge in [0.25, 0.3) is 5.91 Å². The van der Waals surface area contributed by atoms with Crippen molar-refractivity contribution >= 4 is 23.4 Å². The molecule has 0 unspecified atom stereocenters. The van der Waals surface area contributed by atoms with Gasteiger partial charge >= 0.3 is 0 Å². The Morgan fingerprint density at radius 1 is 1.21 bits per heavy atom. The van der Waals surface area contributed by atoms with Crippen molar-refractivity contribution in [2.75, 3.05) is 20.6 Å². The molecule has 0 aliphatic carbocycles. The Kier molecular flexibility index (Phi) is 4.57. The summed E-state index contributed by atoms with van der Waals surface area (Å²) in [5.74, 6) is -0.0683.